The average molecular weight is 380 g/mol. The van der Waals surface area contributed by atoms with E-state index in [-0.39, 0.29) is 17.7 Å². The molecule has 0 atom stereocenters. The Kier molecular flexibility index (Phi) is 4.70. The second kappa shape index (κ2) is 7.18. The van der Waals surface area contributed by atoms with E-state index in [9.17, 15) is 9.59 Å². The highest BCUT2D eigenvalue weighted by Crippen LogP contribution is 2.32. The van der Waals surface area contributed by atoms with Crippen LogP contribution in [0.4, 0.5) is 11.6 Å². The van der Waals surface area contributed by atoms with Gasteiger partial charge in [0, 0.05) is 49.9 Å². The SMILES string of the molecule is Cc1nc(C2CCN(C(=O)c3ccc(N)nc3)CC2)nc2c1CCC(=O)N2C. The first kappa shape index (κ1) is 18.3. The van der Waals surface area contributed by atoms with Gasteiger partial charge in [-0.15, -0.1) is 0 Å². The van der Waals surface area contributed by atoms with Crippen LogP contribution in [-0.2, 0) is 11.2 Å². The zero-order chi connectivity index (χ0) is 19.8. The molecular formula is C20H24N6O2. The number of hydrogen-bond acceptors (Lipinski definition) is 6. The Morgan fingerprint density at radius 3 is 2.61 bits per heavy atom. The number of carbonyl (C=O) groups excluding carboxylic acids is 2. The molecule has 0 spiro atoms. The Morgan fingerprint density at radius 1 is 1.18 bits per heavy atom. The molecule has 0 bridgehead atoms. The molecule has 28 heavy (non-hydrogen) atoms. The summed E-state index contributed by atoms with van der Waals surface area (Å²) < 4.78 is 0. The molecule has 8 heteroatoms. The Balaban J connectivity index is 1.48. The van der Waals surface area contributed by atoms with Gasteiger partial charge in [-0.1, -0.05) is 0 Å². The Bertz CT molecular complexity index is 919. The number of piperidine rings is 1. The van der Waals surface area contributed by atoms with E-state index in [0.29, 0.717) is 37.3 Å². The average Bonchev–Trinajstić information content (AvgIpc) is 2.71. The predicted molar refractivity (Wildman–Crippen MR) is 105 cm³/mol. The lowest BCUT2D eigenvalue weighted by Gasteiger charge is -2.32. The Morgan fingerprint density at radius 2 is 1.93 bits per heavy atom. The van der Waals surface area contributed by atoms with Gasteiger partial charge in [-0.2, -0.15) is 0 Å². The molecule has 2 aliphatic rings. The summed E-state index contributed by atoms with van der Waals surface area (Å²) in [6.07, 6.45) is 4.32. The highest BCUT2D eigenvalue weighted by molar-refractivity contribution is 5.95. The van der Waals surface area contributed by atoms with Crippen LogP contribution in [0.2, 0.25) is 0 Å². The Labute approximate surface area is 163 Å². The molecule has 2 N–H and O–H groups in total. The van der Waals surface area contributed by atoms with Crippen molar-refractivity contribution in [2.45, 2.75) is 38.5 Å². The van der Waals surface area contributed by atoms with Gasteiger partial charge in [0.1, 0.15) is 17.5 Å². The number of rotatable bonds is 2. The van der Waals surface area contributed by atoms with Crippen molar-refractivity contribution in [2.24, 2.45) is 0 Å². The van der Waals surface area contributed by atoms with Gasteiger partial charge in [0.05, 0.1) is 5.56 Å². The second-order valence-corrected chi connectivity index (χ2v) is 7.46. The molecule has 4 heterocycles. The van der Waals surface area contributed by atoms with Crippen LogP contribution in [0.15, 0.2) is 18.3 Å². The topological polar surface area (TPSA) is 105 Å². The minimum absolute atomic E-state index is 0.0289. The predicted octanol–water partition coefficient (Wildman–Crippen LogP) is 1.69. The quantitative estimate of drug-likeness (QED) is 0.850. The number of aromatic nitrogens is 3. The van der Waals surface area contributed by atoms with E-state index in [2.05, 4.69) is 4.98 Å². The van der Waals surface area contributed by atoms with Crippen molar-refractivity contribution in [3.63, 3.8) is 0 Å². The number of nitrogens with two attached hydrogens (primary N) is 1. The van der Waals surface area contributed by atoms with Crippen LogP contribution >= 0.6 is 0 Å². The molecule has 0 aromatic carbocycles. The standard InChI is InChI=1S/C20H24N6O2/c1-12-15-4-6-17(27)25(2)19(15)24-18(23-12)13-7-9-26(10-8-13)20(28)14-3-5-16(21)22-11-14/h3,5,11,13H,4,6-10H2,1-2H3,(H2,21,22). The maximum absolute atomic E-state index is 12.6. The molecule has 0 unspecified atom stereocenters. The van der Waals surface area contributed by atoms with Gasteiger partial charge in [0.2, 0.25) is 5.91 Å². The van der Waals surface area contributed by atoms with Crippen molar-refractivity contribution in [2.75, 3.05) is 30.8 Å². The van der Waals surface area contributed by atoms with Crippen LogP contribution in [0.3, 0.4) is 0 Å². The van der Waals surface area contributed by atoms with Crippen molar-refractivity contribution in [1.82, 2.24) is 19.9 Å². The lowest BCUT2D eigenvalue weighted by atomic mass is 9.94. The van der Waals surface area contributed by atoms with E-state index in [1.54, 1.807) is 24.1 Å². The fraction of sp³-hybridized carbons (Fsp3) is 0.450. The lowest BCUT2D eigenvalue weighted by Crippen LogP contribution is -2.38. The molecule has 146 valence electrons. The van der Waals surface area contributed by atoms with Crippen LogP contribution in [-0.4, -0.2) is 51.8 Å². The van der Waals surface area contributed by atoms with Gasteiger partial charge in [0.15, 0.2) is 0 Å². The molecule has 8 nitrogen and oxygen atoms in total. The summed E-state index contributed by atoms with van der Waals surface area (Å²) in [5, 5.41) is 0. The minimum atomic E-state index is -0.0289. The monoisotopic (exact) mass is 380 g/mol. The molecule has 1 saturated heterocycles. The van der Waals surface area contributed by atoms with Gasteiger partial charge in [-0.25, -0.2) is 15.0 Å². The van der Waals surface area contributed by atoms with E-state index in [0.717, 1.165) is 35.7 Å². The molecule has 2 aromatic heterocycles. The first-order chi connectivity index (χ1) is 13.4. The summed E-state index contributed by atoms with van der Waals surface area (Å²) in [6.45, 7) is 3.27. The minimum Gasteiger partial charge on any atom is -0.384 e. The Hall–Kier alpha value is -3.03. The molecule has 2 aliphatic heterocycles. The van der Waals surface area contributed by atoms with Crippen molar-refractivity contribution >= 4 is 23.5 Å². The fourth-order valence-electron chi connectivity index (χ4n) is 3.93. The summed E-state index contributed by atoms with van der Waals surface area (Å²) in [6, 6.07) is 3.35. The highest BCUT2D eigenvalue weighted by Gasteiger charge is 2.30. The first-order valence-corrected chi connectivity index (χ1v) is 9.59. The molecule has 1 fully saturated rings. The zero-order valence-electron chi connectivity index (χ0n) is 16.2. The fourth-order valence-corrected chi connectivity index (χ4v) is 3.93. The lowest BCUT2D eigenvalue weighted by molar-refractivity contribution is -0.118. The smallest absolute Gasteiger partial charge is 0.255 e. The third-order valence-electron chi connectivity index (χ3n) is 5.67. The van der Waals surface area contributed by atoms with Crippen molar-refractivity contribution < 1.29 is 9.59 Å². The van der Waals surface area contributed by atoms with Crippen LogP contribution in [0.25, 0.3) is 0 Å². The number of nitrogens with zero attached hydrogens (tertiary/aromatic N) is 5. The largest absolute Gasteiger partial charge is 0.384 e. The number of nitrogen functional groups attached to an aromatic ring is 1. The molecule has 0 radical (unpaired) electrons. The van der Waals surface area contributed by atoms with Crippen LogP contribution < -0.4 is 10.6 Å². The second-order valence-electron chi connectivity index (χ2n) is 7.46. The summed E-state index contributed by atoms with van der Waals surface area (Å²) in [4.78, 5) is 41.6. The summed E-state index contributed by atoms with van der Waals surface area (Å²) in [5.74, 6) is 2.17. The number of amides is 2. The first-order valence-electron chi connectivity index (χ1n) is 9.59. The van der Waals surface area contributed by atoms with Crippen molar-refractivity contribution in [1.29, 1.82) is 0 Å². The van der Waals surface area contributed by atoms with Crippen LogP contribution in [0.5, 0.6) is 0 Å². The third-order valence-corrected chi connectivity index (χ3v) is 5.67. The third kappa shape index (κ3) is 3.30. The molecule has 2 amide bonds. The van der Waals surface area contributed by atoms with Gasteiger partial charge in [-0.3, -0.25) is 14.5 Å². The molecule has 2 aromatic rings. The number of hydrogen-bond donors (Lipinski definition) is 1. The van der Waals surface area contributed by atoms with E-state index in [1.165, 1.54) is 6.20 Å². The van der Waals surface area contributed by atoms with E-state index in [4.69, 9.17) is 15.7 Å². The van der Waals surface area contributed by atoms with E-state index < -0.39 is 0 Å². The van der Waals surface area contributed by atoms with E-state index in [1.807, 2.05) is 11.8 Å². The van der Waals surface area contributed by atoms with Crippen LogP contribution in [0, 0.1) is 6.92 Å². The summed E-state index contributed by atoms with van der Waals surface area (Å²) in [7, 11) is 1.78. The number of pyridine rings is 1. The number of likely N-dealkylation sites (tertiary alicyclic amines) is 1. The maximum atomic E-state index is 12.6. The van der Waals surface area contributed by atoms with Gasteiger partial charge < -0.3 is 10.6 Å². The molecule has 0 saturated carbocycles. The summed E-state index contributed by atoms with van der Waals surface area (Å²) in [5.41, 5.74) is 8.16. The molecule has 4 rings (SSSR count). The number of aryl methyl sites for hydroxylation is 1. The van der Waals surface area contributed by atoms with Gasteiger partial charge in [0.25, 0.3) is 5.91 Å². The number of fused-ring (bicyclic) bond motifs is 1. The number of carbonyl (C=O) groups is 2. The summed E-state index contributed by atoms with van der Waals surface area (Å²) >= 11 is 0. The maximum Gasteiger partial charge on any atom is 0.255 e. The van der Waals surface area contributed by atoms with E-state index >= 15 is 0 Å². The highest BCUT2D eigenvalue weighted by atomic mass is 16.2. The van der Waals surface area contributed by atoms with Crippen LogP contribution in [0.1, 0.15) is 52.6 Å². The zero-order valence-corrected chi connectivity index (χ0v) is 16.2. The number of anilines is 2. The van der Waals surface area contributed by atoms with Gasteiger partial charge in [-0.05, 0) is 38.3 Å². The normalized spacial score (nSPS) is 17.6. The molecule has 0 aliphatic carbocycles. The van der Waals surface area contributed by atoms with Crippen molar-refractivity contribution in [3.05, 3.63) is 41.0 Å². The van der Waals surface area contributed by atoms with Gasteiger partial charge >= 0.3 is 0 Å². The molecular weight excluding hydrogens is 356 g/mol. The van der Waals surface area contributed by atoms with Crippen molar-refractivity contribution in [3.8, 4) is 0 Å².